The van der Waals surface area contributed by atoms with E-state index in [1.54, 1.807) is 6.92 Å². The maximum absolute atomic E-state index is 12.3. The van der Waals surface area contributed by atoms with Crippen LogP contribution in [0, 0.1) is 0 Å². The number of carbonyl (C=O) groups excluding carboxylic acids is 3. The van der Waals surface area contributed by atoms with Crippen molar-refractivity contribution < 1.29 is 24.0 Å². The molecule has 24 heavy (non-hydrogen) atoms. The number of quaternary nitrogens is 1. The minimum Gasteiger partial charge on any atom is -0.462 e. The Kier molecular flexibility index (Phi) is 5.15. The molecule has 7 nitrogen and oxygen atoms in total. The van der Waals surface area contributed by atoms with E-state index in [1.165, 1.54) is 11.3 Å². The van der Waals surface area contributed by atoms with Gasteiger partial charge in [-0.25, -0.2) is 4.79 Å². The number of rotatable bonds is 5. The molecule has 0 aromatic carbocycles. The van der Waals surface area contributed by atoms with Crippen molar-refractivity contribution in [1.29, 1.82) is 0 Å². The Morgan fingerprint density at radius 3 is 2.96 bits per heavy atom. The lowest BCUT2D eigenvalue weighted by molar-refractivity contribution is -0.885. The van der Waals surface area contributed by atoms with Crippen molar-refractivity contribution in [3.05, 3.63) is 16.0 Å². The van der Waals surface area contributed by atoms with Gasteiger partial charge in [0.15, 0.2) is 13.1 Å². The quantitative estimate of drug-likeness (QED) is 0.616. The van der Waals surface area contributed by atoms with Gasteiger partial charge < -0.3 is 20.3 Å². The van der Waals surface area contributed by atoms with Crippen LogP contribution in [0.1, 0.15) is 34.1 Å². The Bertz CT molecular complexity index is 671. The fourth-order valence-electron chi connectivity index (χ4n) is 3.22. The Morgan fingerprint density at radius 1 is 1.38 bits per heavy atom. The number of esters is 1. The van der Waals surface area contributed by atoms with Gasteiger partial charge in [0.2, 0.25) is 0 Å². The number of amides is 2. The van der Waals surface area contributed by atoms with Crippen LogP contribution < -0.4 is 15.5 Å². The fraction of sp³-hybridized carbons (Fsp3) is 0.562. The smallest absolute Gasteiger partial charge is 0.341 e. The molecule has 1 atom stereocenters. The van der Waals surface area contributed by atoms with E-state index in [-0.39, 0.29) is 24.3 Å². The van der Waals surface area contributed by atoms with Crippen molar-refractivity contribution in [1.82, 2.24) is 5.32 Å². The molecule has 0 saturated carbocycles. The predicted molar refractivity (Wildman–Crippen MR) is 89.5 cm³/mol. The third-order valence-electron chi connectivity index (χ3n) is 4.28. The van der Waals surface area contributed by atoms with Crippen LogP contribution in [0.2, 0.25) is 0 Å². The summed E-state index contributed by atoms with van der Waals surface area (Å²) in [5.41, 5.74) is 1.55. The molecule has 8 heteroatoms. The zero-order valence-electron chi connectivity index (χ0n) is 13.7. The number of hydrogen-bond acceptors (Lipinski definition) is 5. The number of aryl methyl sites for hydroxylation is 1. The van der Waals surface area contributed by atoms with Crippen LogP contribution in [0.15, 0.2) is 0 Å². The summed E-state index contributed by atoms with van der Waals surface area (Å²) in [6, 6.07) is 0. The zero-order valence-corrected chi connectivity index (χ0v) is 14.5. The van der Waals surface area contributed by atoms with Gasteiger partial charge in [0, 0.05) is 4.88 Å². The van der Waals surface area contributed by atoms with Crippen LogP contribution in [0.25, 0.3) is 0 Å². The third-order valence-corrected chi connectivity index (χ3v) is 5.48. The van der Waals surface area contributed by atoms with Gasteiger partial charge in [-0.15, -0.1) is 11.3 Å². The van der Waals surface area contributed by atoms with E-state index in [1.807, 2.05) is 0 Å². The van der Waals surface area contributed by atoms with E-state index in [2.05, 4.69) is 10.6 Å². The molecule has 2 aliphatic rings. The number of hydrogen-bond donors (Lipinski definition) is 3. The monoisotopic (exact) mass is 352 g/mol. The van der Waals surface area contributed by atoms with Crippen LogP contribution >= 0.6 is 11.3 Å². The Hall–Kier alpha value is -1.93. The van der Waals surface area contributed by atoms with Gasteiger partial charge in [-0.3, -0.25) is 9.59 Å². The first kappa shape index (κ1) is 16.9. The Labute approximate surface area is 144 Å². The number of carbonyl (C=O) groups is 3. The summed E-state index contributed by atoms with van der Waals surface area (Å²) in [6.07, 6.45) is 2.84. The van der Waals surface area contributed by atoms with E-state index in [4.69, 9.17) is 4.74 Å². The summed E-state index contributed by atoms with van der Waals surface area (Å²) in [7, 11) is 0. The van der Waals surface area contributed by atoms with E-state index in [0.29, 0.717) is 30.3 Å². The second-order valence-electron chi connectivity index (χ2n) is 6.03. The highest BCUT2D eigenvalue weighted by Crippen LogP contribution is 2.39. The lowest BCUT2D eigenvalue weighted by Gasteiger charge is -2.22. The first-order valence-corrected chi connectivity index (χ1v) is 9.12. The largest absolute Gasteiger partial charge is 0.462 e. The predicted octanol–water partition coefficient (Wildman–Crippen LogP) is -0.633. The summed E-state index contributed by atoms with van der Waals surface area (Å²) in [4.78, 5) is 38.1. The van der Waals surface area contributed by atoms with Gasteiger partial charge in [-0.2, -0.15) is 0 Å². The summed E-state index contributed by atoms with van der Waals surface area (Å²) in [6.45, 7) is 3.92. The van der Waals surface area contributed by atoms with Crippen molar-refractivity contribution in [3.63, 3.8) is 0 Å². The van der Waals surface area contributed by atoms with Crippen LogP contribution in [-0.4, -0.2) is 50.6 Å². The van der Waals surface area contributed by atoms with E-state index < -0.39 is 0 Å². The fourth-order valence-corrected chi connectivity index (χ4v) is 4.51. The molecule has 2 amide bonds. The lowest BCUT2D eigenvalue weighted by Crippen LogP contribution is -3.16. The average Bonchev–Trinajstić information content (AvgIpc) is 3.07. The summed E-state index contributed by atoms with van der Waals surface area (Å²) >= 11 is 1.47. The minimum atomic E-state index is -0.364. The molecule has 1 unspecified atom stereocenters. The molecule has 0 radical (unpaired) electrons. The third kappa shape index (κ3) is 3.59. The molecular weight excluding hydrogens is 330 g/mol. The molecule has 0 spiro atoms. The number of ether oxygens (including phenoxy) is 1. The first-order valence-electron chi connectivity index (χ1n) is 8.30. The van der Waals surface area contributed by atoms with Gasteiger partial charge in [0.05, 0.1) is 25.3 Å². The zero-order chi connectivity index (χ0) is 17.1. The molecule has 130 valence electrons. The standard InChI is InChI=1S/C16H21N3O4S/c1-2-23-16(22)14-10-4-3-5-11(10)24-15(14)18-13(21)9-19-7-6-17-12(20)8-19/h2-9H2,1H3,(H,17,20)(H,18,21)/p+1. The molecule has 1 saturated heterocycles. The molecule has 3 rings (SSSR count). The van der Waals surface area contributed by atoms with Gasteiger partial charge in [0.1, 0.15) is 5.00 Å². The highest BCUT2D eigenvalue weighted by Gasteiger charge is 2.29. The molecule has 0 bridgehead atoms. The van der Waals surface area contributed by atoms with Gasteiger partial charge in [0.25, 0.3) is 11.8 Å². The van der Waals surface area contributed by atoms with Crippen LogP contribution in [0.4, 0.5) is 5.00 Å². The van der Waals surface area contributed by atoms with Gasteiger partial charge in [-0.1, -0.05) is 0 Å². The van der Waals surface area contributed by atoms with Gasteiger partial charge >= 0.3 is 5.97 Å². The second-order valence-corrected chi connectivity index (χ2v) is 7.14. The molecule has 1 aromatic heterocycles. The Balaban J connectivity index is 1.71. The van der Waals surface area contributed by atoms with Crippen LogP contribution in [0.5, 0.6) is 0 Å². The number of fused-ring (bicyclic) bond motifs is 1. The maximum Gasteiger partial charge on any atom is 0.341 e. The molecule has 1 aromatic rings. The molecule has 1 aliphatic carbocycles. The lowest BCUT2D eigenvalue weighted by atomic mass is 10.1. The number of anilines is 1. The molecular formula is C16H22N3O4S+. The second kappa shape index (κ2) is 7.31. The van der Waals surface area contributed by atoms with Crippen molar-refractivity contribution in [2.24, 2.45) is 0 Å². The topological polar surface area (TPSA) is 88.9 Å². The summed E-state index contributed by atoms with van der Waals surface area (Å²) < 4.78 is 5.16. The molecule has 3 N–H and O–H groups in total. The normalized spacial score (nSPS) is 19.5. The van der Waals surface area contributed by atoms with Crippen LogP contribution in [-0.2, 0) is 27.2 Å². The van der Waals surface area contributed by atoms with Crippen LogP contribution in [0.3, 0.4) is 0 Å². The highest BCUT2D eigenvalue weighted by molar-refractivity contribution is 7.17. The van der Waals surface area contributed by atoms with Crippen molar-refractivity contribution in [3.8, 4) is 0 Å². The number of piperazine rings is 1. The maximum atomic E-state index is 12.3. The van der Waals surface area contributed by atoms with Crippen molar-refractivity contribution in [2.45, 2.75) is 26.2 Å². The van der Waals surface area contributed by atoms with E-state index in [9.17, 15) is 14.4 Å². The first-order chi connectivity index (χ1) is 11.6. The van der Waals surface area contributed by atoms with E-state index >= 15 is 0 Å². The van der Waals surface area contributed by atoms with E-state index in [0.717, 1.165) is 41.1 Å². The SMILES string of the molecule is CCOC(=O)c1c(NC(=O)C[NH+]2CCNC(=O)C2)sc2c1CCC2. The summed E-state index contributed by atoms with van der Waals surface area (Å²) in [5.74, 6) is -0.576. The highest BCUT2D eigenvalue weighted by atomic mass is 32.1. The average molecular weight is 352 g/mol. The minimum absolute atomic E-state index is 0.0358. The number of nitrogens with one attached hydrogen (secondary N) is 3. The molecule has 1 aliphatic heterocycles. The molecule has 1 fully saturated rings. The number of thiophene rings is 1. The van der Waals surface area contributed by atoms with Crippen molar-refractivity contribution in [2.75, 3.05) is 38.1 Å². The Morgan fingerprint density at radius 2 is 2.21 bits per heavy atom. The summed E-state index contributed by atoms with van der Waals surface area (Å²) in [5, 5.41) is 6.20. The van der Waals surface area contributed by atoms with Crippen molar-refractivity contribution >= 4 is 34.1 Å². The van der Waals surface area contributed by atoms with Gasteiger partial charge in [-0.05, 0) is 31.7 Å². The molecule has 2 heterocycles.